The van der Waals surface area contributed by atoms with E-state index in [9.17, 15) is 13.2 Å². The molecule has 3 aromatic rings. The molecule has 24 heavy (non-hydrogen) atoms. The molecule has 126 valence electrons. The van der Waals surface area contributed by atoms with Crippen molar-refractivity contribution in [3.63, 3.8) is 0 Å². The van der Waals surface area contributed by atoms with Gasteiger partial charge in [-0.25, -0.2) is 13.2 Å². The predicted octanol–water partition coefficient (Wildman–Crippen LogP) is 3.72. The lowest BCUT2D eigenvalue weighted by molar-refractivity contribution is 0.512. The largest absolute Gasteiger partial charge is 0.419 e. The Hall–Kier alpha value is -1.96. The molecular weight excluding hydrogens is 375 g/mol. The maximum atomic E-state index is 12.5. The lowest BCUT2D eigenvalue weighted by atomic mass is 10.3. The first-order chi connectivity index (χ1) is 11.3. The summed E-state index contributed by atoms with van der Waals surface area (Å²) in [5, 5.41) is 0.339. The molecule has 3 rings (SSSR count). The number of nitrogens with zero attached hydrogens (tertiary/aromatic N) is 1. The Morgan fingerprint density at radius 3 is 2.67 bits per heavy atom. The van der Waals surface area contributed by atoms with E-state index in [1.165, 1.54) is 28.8 Å². The van der Waals surface area contributed by atoms with Crippen molar-refractivity contribution < 1.29 is 12.8 Å². The van der Waals surface area contributed by atoms with Gasteiger partial charge in [-0.3, -0.25) is 9.29 Å². The number of oxazole rings is 1. The maximum Gasteiger partial charge on any atom is 0.419 e. The molecule has 0 amide bonds. The van der Waals surface area contributed by atoms with E-state index in [0.717, 1.165) is 0 Å². The summed E-state index contributed by atoms with van der Waals surface area (Å²) >= 11 is 11.9. The molecule has 1 heterocycles. The van der Waals surface area contributed by atoms with E-state index >= 15 is 0 Å². The van der Waals surface area contributed by atoms with E-state index in [2.05, 4.69) is 4.72 Å². The second-order valence-corrected chi connectivity index (χ2v) is 7.42. The monoisotopic (exact) mass is 386 g/mol. The average molecular weight is 387 g/mol. The van der Waals surface area contributed by atoms with E-state index in [-0.39, 0.29) is 26.2 Å². The van der Waals surface area contributed by atoms with Crippen LogP contribution in [0.2, 0.25) is 10.0 Å². The lowest BCUT2D eigenvalue weighted by Gasteiger charge is -2.10. The molecule has 1 aromatic heterocycles. The number of rotatable bonds is 4. The van der Waals surface area contributed by atoms with E-state index < -0.39 is 15.8 Å². The number of hydrogen-bond acceptors (Lipinski definition) is 4. The molecule has 0 radical (unpaired) electrons. The van der Waals surface area contributed by atoms with Crippen molar-refractivity contribution in [3.8, 4) is 0 Å². The van der Waals surface area contributed by atoms with Gasteiger partial charge in [-0.05, 0) is 31.2 Å². The first-order valence-electron chi connectivity index (χ1n) is 6.93. The number of aromatic nitrogens is 1. The number of halogens is 2. The average Bonchev–Trinajstić information content (AvgIpc) is 2.85. The second-order valence-electron chi connectivity index (χ2n) is 4.95. The highest BCUT2D eigenvalue weighted by molar-refractivity contribution is 7.92. The molecule has 0 atom stereocenters. The van der Waals surface area contributed by atoms with Gasteiger partial charge in [-0.2, -0.15) is 0 Å². The van der Waals surface area contributed by atoms with Gasteiger partial charge >= 0.3 is 5.76 Å². The van der Waals surface area contributed by atoms with Gasteiger partial charge in [-0.15, -0.1) is 0 Å². The Balaban J connectivity index is 2.05. The summed E-state index contributed by atoms with van der Waals surface area (Å²) in [6.45, 7) is 2.22. The minimum absolute atomic E-state index is 0.0527. The Morgan fingerprint density at radius 2 is 1.96 bits per heavy atom. The van der Waals surface area contributed by atoms with Crippen LogP contribution in [-0.2, 0) is 16.6 Å². The van der Waals surface area contributed by atoms with Crippen LogP contribution in [0, 0.1) is 0 Å². The first-order valence-corrected chi connectivity index (χ1v) is 9.17. The summed E-state index contributed by atoms with van der Waals surface area (Å²) in [5.74, 6) is -0.534. The molecule has 0 aliphatic carbocycles. The molecule has 0 saturated heterocycles. The van der Waals surface area contributed by atoms with Gasteiger partial charge < -0.3 is 4.42 Å². The third-order valence-electron chi connectivity index (χ3n) is 3.46. The predicted molar refractivity (Wildman–Crippen MR) is 93.4 cm³/mol. The van der Waals surface area contributed by atoms with Crippen molar-refractivity contribution in [1.29, 1.82) is 0 Å². The molecular formula is C15H12Cl2N2O4S. The third-order valence-corrected chi connectivity index (χ3v) is 5.64. The van der Waals surface area contributed by atoms with Crippen molar-refractivity contribution in [2.45, 2.75) is 18.4 Å². The molecule has 2 aromatic carbocycles. The summed E-state index contributed by atoms with van der Waals surface area (Å²) in [6.07, 6.45) is 0. The van der Waals surface area contributed by atoms with Gasteiger partial charge in [-0.1, -0.05) is 29.3 Å². The normalized spacial score (nSPS) is 11.8. The number of anilines is 1. The second kappa shape index (κ2) is 6.16. The topological polar surface area (TPSA) is 81.3 Å². The zero-order chi connectivity index (χ0) is 17.5. The van der Waals surface area contributed by atoms with Crippen molar-refractivity contribution in [1.82, 2.24) is 4.57 Å². The molecule has 0 aliphatic heterocycles. The highest BCUT2D eigenvalue weighted by atomic mass is 35.5. The van der Waals surface area contributed by atoms with Crippen molar-refractivity contribution in [2.75, 3.05) is 4.72 Å². The summed E-state index contributed by atoms with van der Waals surface area (Å²) in [5.41, 5.74) is 0.890. The Bertz CT molecular complexity index is 1090. The number of sulfonamides is 1. The van der Waals surface area contributed by atoms with Gasteiger partial charge in [0.05, 0.1) is 26.1 Å². The van der Waals surface area contributed by atoms with Gasteiger partial charge in [0.15, 0.2) is 5.58 Å². The van der Waals surface area contributed by atoms with E-state index in [1.54, 1.807) is 19.1 Å². The van der Waals surface area contributed by atoms with Gasteiger partial charge in [0.1, 0.15) is 0 Å². The lowest BCUT2D eigenvalue weighted by Crippen LogP contribution is -2.13. The summed E-state index contributed by atoms with van der Waals surface area (Å²) < 4.78 is 33.9. The van der Waals surface area contributed by atoms with E-state index in [0.29, 0.717) is 12.1 Å². The standard InChI is InChI=1S/C15H12Cl2N2O4S/c1-2-19-12-7-6-9(8-13(12)23-15(19)20)24(21,22)18-11-5-3-4-10(16)14(11)17/h3-8,18H,2H2,1H3. The van der Waals surface area contributed by atoms with Crippen LogP contribution in [0.3, 0.4) is 0 Å². The Morgan fingerprint density at radius 1 is 1.21 bits per heavy atom. The van der Waals surface area contributed by atoms with Crippen LogP contribution >= 0.6 is 23.2 Å². The summed E-state index contributed by atoms with van der Waals surface area (Å²) in [6, 6.07) is 8.84. The van der Waals surface area contributed by atoms with Crippen LogP contribution in [0.25, 0.3) is 11.1 Å². The number of benzene rings is 2. The van der Waals surface area contributed by atoms with Crippen LogP contribution in [0.15, 0.2) is 50.5 Å². The van der Waals surface area contributed by atoms with Crippen molar-refractivity contribution >= 4 is 50.0 Å². The van der Waals surface area contributed by atoms with Crippen LogP contribution in [0.4, 0.5) is 5.69 Å². The molecule has 0 aliphatic rings. The molecule has 1 N–H and O–H groups in total. The molecule has 0 bridgehead atoms. The Labute approximate surface area is 147 Å². The molecule has 6 nitrogen and oxygen atoms in total. The number of hydrogen-bond donors (Lipinski definition) is 1. The smallest absolute Gasteiger partial charge is 0.408 e. The van der Waals surface area contributed by atoms with Gasteiger partial charge in [0, 0.05) is 12.6 Å². The Kier molecular flexibility index (Phi) is 4.33. The molecule has 0 spiro atoms. The quantitative estimate of drug-likeness (QED) is 0.740. The first kappa shape index (κ1) is 16.9. The third kappa shape index (κ3) is 2.90. The highest BCUT2D eigenvalue weighted by Gasteiger charge is 2.19. The highest BCUT2D eigenvalue weighted by Crippen LogP contribution is 2.31. The minimum atomic E-state index is -3.92. The minimum Gasteiger partial charge on any atom is -0.408 e. The maximum absolute atomic E-state index is 12.5. The van der Waals surface area contributed by atoms with Crippen LogP contribution < -0.4 is 10.5 Å². The van der Waals surface area contributed by atoms with Gasteiger partial charge in [0.25, 0.3) is 10.0 Å². The summed E-state index contributed by atoms with van der Waals surface area (Å²) in [7, 11) is -3.92. The molecule has 0 saturated carbocycles. The fourth-order valence-corrected chi connectivity index (χ4v) is 3.79. The fourth-order valence-electron chi connectivity index (χ4n) is 2.30. The van der Waals surface area contributed by atoms with E-state index in [4.69, 9.17) is 27.6 Å². The molecule has 0 fully saturated rings. The molecule has 0 unspecified atom stereocenters. The van der Waals surface area contributed by atoms with Crippen molar-refractivity contribution in [3.05, 3.63) is 57.0 Å². The van der Waals surface area contributed by atoms with Gasteiger partial charge in [0.2, 0.25) is 0 Å². The zero-order valence-corrected chi connectivity index (χ0v) is 14.7. The number of aryl methyl sites for hydroxylation is 1. The number of nitrogens with one attached hydrogen (secondary N) is 1. The van der Waals surface area contributed by atoms with Crippen LogP contribution in [-0.4, -0.2) is 13.0 Å². The van der Waals surface area contributed by atoms with Crippen molar-refractivity contribution in [2.24, 2.45) is 0 Å². The molecule has 9 heteroatoms. The van der Waals surface area contributed by atoms with E-state index in [1.807, 2.05) is 0 Å². The van der Waals surface area contributed by atoms with Crippen LogP contribution in [0.5, 0.6) is 0 Å². The number of fused-ring (bicyclic) bond motifs is 1. The van der Waals surface area contributed by atoms with Crippen LogP contribution in [0.1, 0.15) is 6.92 Å². The zero-order valence-electron chi connectivity index (χ0n) is 12.4. The SMILES string of the molecule is CCn1c(=O)oc2cc(S(=O)(=O)Nc3cccc(Cl)c3Cl)ccc21. The summed E-state index contributed by atoms with van der Waals surface area (Å²) in [4.78, 5) is 11.7. The fraction of sp³-hybridized carbons (Fsp3) is 0.133.